The molecule has 2 aromatic carbocycles. The zero-order chi connectivity index (χ0) is 21.0. The van der Waals surface area contributed by atoms with Crippen LogP contribution < -0.4 is 5.56 Å². The molecule has 0 spiro atoms. The lowest BCUT2D eigenvalue weighted by molar-refractivity contribution is -0.133. The number of hydrogen-bond acceptors (Lipinski definition) is 3. The lowest BCUT2D eigenvalue weighted by Gasteiger charge is -2.29. The van der Waals surface area contributed by atoms with E-state index in [1.54, 1.807) is 0 Å². The Bertz CT molecular complexity index is 1200. The van der Waals surface area contributed by atoms with Crippen molar-refractivity contribution in [2.75, 3.05) is 6.54 Å². The minimum absolute atomic E-state index is 0.0445. The van der Waals surface area contributed by atoms with Gasteiger partial charge in [0, 0.05) is 18.9 Å². The second kappa shape index (κ2) is 6.91. The molecule has 0 radical (unpaired) electrons. The van der Waals surface area contributed by atoms with Gasteiger partial charge in [0.25, 0.3) is 5.56 Å². The Balaban J connectivity index is 1.23. The van der Waals surface area contributed by atoms with Crippen LogP contribution in [0.5, 0.6) is 0 Å². The molecular formula is C26H25N3O2. The quantitative estimate of drug-likeness (QED) is 0.714. The number of carbonyl (C=O) groups is 1. The lowest BCUT2D eigenvalue weighted by atomic mass is 9.94. The second-order valence-corrected chi connectivity index (χ2v) is 9.16. The largest absolute Gasteiger partial charge is 0.337 e. The van der Waals surface area contributed by atoms with E-state index in [9.17, 15) is 9.59 Å². The van der Waals surface area contributed by atoms with Gasteiger partial charge in [0.2, 0.25) is 5.91 Å². The Labute approximate surface area is 181 Å². The first kappa shape index (κ1) is 18.6. The predicted molar refractivity (Wildman–Crippen MR) is 118 cm³/mol. The first-order valence-electron chi connectivity index (χ1n) is 11.2. The fourth-order valence-electron chi connectivity index (χ4n) is 5.16. The Morgan fingerprint density at radius 2 is 1.74 bits per heavy atom. The van der Waals surface area contributed by atoms with Crippen LogP contribution in [0.2, 0.25) is 0 Å². The molecular weight excluding hydrogens is 386 g/mol. The highest BCUT2D eigenvalue weighted by molar-refractivity contribution is 5.83. The van der Waals surface area contributed by atoms with Gasteiger partial charge in [0.1, 0.15) is 5.82 Å². The van der Waals surface area contributed by atoms with Crippen LogP contribution in [-0.2, 0) is 23.2 Å². The summed E-state index contributed by atoms with van der Waals surface area (Å²) >= 11 is 0. The highest BCUT2D eigenvalue weighted by Crippen LogP contribution is 2.52. The third-order valence-corrected chi connectivity index (χ3v) is 7.25. The van der Waals surface area contributed by atoms with Crippen molar-refractivity contribution < 1.29 is 4.79 Å². The zero-order valence-corrected chi connectivity index (χ0v) is 17.4. The molecule has 1 aromatic heterocycles. The number of H-pyrrole nitrogens is 1. The molecule has 1 aliphatic heterocycles. The van der Waals surface area contributed by atoms with Crippen LogP contribution in [0.3, 0.4) is 0 Å². The van der Waals surface area contributed by atoms with Crippen molar-refractivity contribution in [2.45, 2.75) is 43.6 Å². The summed E-state index contributed by atoms with van der Waals surface area (Å²) in [5, 5.41) is 0. The minimum atomic E-state index is -0.153. The van der Waals surface area contributed by atoms with Crippen LogP contribution in [0.1, 0.15) is 53.4 Å². The smallest absolute Gasteiger partial charge is 0.256 e. The summed E-state index contributed by atoms with van der Waals surface area (Å²) in [4.78, 5) is 35.9. The fourth-order valence-corrected chi connectivity index (χ4v) is 5.16. The first-order valence-corrected chi connectivity index (χ1v) is 11.2. The number of aromatic nitrogens is 2. The third-order valence-electron chi connectivity index (χ3n) is 7.25. The number of amides is 1. The van der Waals surface area contributed by atoms with E-state index in [0.29, 0.717) is 31.0 Å². The molecule has 1 amide bonds. The zero-order valence-electron chi connectivity index (χ0n) is 17.4. The molecule has 2 unspecified atom stereocenters. The van der Waals surface area contributed by atoms with Crippen LogP contribution in [0.25, 0.3) is 0 Å². The number of nitrogens with zero attached hydrogens (tertiary/aromatic N) is 2. The molecule has 6 rings (SSSR count). The van der Waals surface area contributed by atoms with Crippen LogP contribution in [-0.4, -0.2) is 27.3 Å². The van der Waals surface area contributed by atoms with Crippen molar-refractivity contribution in [3.8, 4) is 0 Å². The summed E-state index contributed by atoms with van der Waals surface area (Å²) in [7, 11) is 0. The molecule has 1 N–H and O–H groups in total. The van der Waals surface area contributed by atoms with Crippen molar-refractivity contribution in [2.24, 2.45) is 5.92 Å². The number of aromatic amines is 1. The fraction of sp³-hybridized carbons (Fsp3) is 0.346. The Morgan fingerprint density at radius 3 is 2.45 bits per heavy atom. The number of carbonyl (C=O) groups excluding carboxylic acids is 1. The summed E-state index contributed by atoms with van der Waals surface area (Å²) in [6.45, 7) is 1.01. The maximum Gasteiger partial charge on any atom is 0.256 e. The maximum absolute atomic E-state index is 13.1. The number of nitrogens with one attached hydrogen (secondary N) is 1. The summed E-state index contributed by atoms with van der Waals surface area (Å²) < 4.78 is 0. The SMILES string of the molecule is O=C(C1CC1c1ccccc1)N1CCc2nc(C3(c4ccccc4)CC3)[nH]c(=O)c2C1. The van der Waals surface area contributed by atoms with Crippen molar-refractivity contribution in [3.05, 3.63) is 99.2 Å². The van der Waals surface area contributed by atoms with E-state index in [2.05, 4.69) is 29.2 Å². The van der Waals surface area contributed by atoms with E-state index in [1.165, 1.54) is 11.1 Å². The van der Waals surface area contributed by atoms with Gasteiger partial charge in [-0.05, 0) is 36.3 Å². The molecule has 156 valence electrons. The number of rotatable bonds is 4. The number of fused-ring (bicyclic) bond motifs is 1. The third kappa shape index (κ3) is 3.11. The van der Waals surface area contributed by atoms with Crippen molar-refractivity contribution in [3.63, 3.8) is 0 Å². The van der Waals surface area contributed by atoms with Crippen molar-refractivity contribution >= 4 is 5.91 Å². The molecule has 0 saturated heterocycles. The molecule has 2 atom stereocenters. The first-order chi connectivity index (χ1) is 15.2. The summed E-state index contributed by atoms with van der Waals surface area (Å²) in [5.41, 5.74) is 3.73. The van der Waals surface area contributed by atoms with Gasteiger partial charge in [0.05, 0.1) is 23.2 Å². The van der Waals surface area contributed by atoms with Gasteiger partial charge in [-0.1, -0.05) is 60.7 Å². The molecule has 2 aliphatic carbocycles. The van der Waals surface area contributed by atoms with Gasteiger partial charge in [0.15, 0.2) is 0 Å². The van der Waals surface area contributed by atoms with Crippen molar-refractivity contribution in [1.29, 1.82) is 0 Å². The normalized spacial score (nSPS) is 23.2. The molecule has 2 fully saturated rings. The number of hydrogen-bond donors (Lipinski definition) is 1. The Morgan fingerprint density at radius 1 is 1.03 bits per heavy atom. The lowest BCUT2D eigenvalue weighted by Crippen LogP contribution is -2.41. The minimum Gasteiger partial charge on any atom is -0.337 e. The van der Waals surface area contributed by atoms with Gasteiger partial charge in [-0.3, -0.25) is 9.59 Å². The van der Waals surface area contributed by atoms with Crippen LogP contribution >= 0.6 is 0 Å². The van der Waals surface area contributed by atoms with E-state index < -0.39 is 0 Å². The van der Waals surface area contributed by atoms with Crippen LogP contribution in [0.4, 0.5) is 0 Å². The number of benzene rings is 2. The van der Waals surface area contributed by atoms with Gasteiger partial charge >= 0.3 is 0 Å². The van der Waals surface area contributed by atoms with Gasteiger partial charge < -0.3 is 9.88 Å². The topological polar surface area (TPSA) is 66.1 Å². The van der Waals surface area contributed by atoms with Gasteiger partial charge in [-0.15, -0.1) is 0 Å². The molecule has 0 bridgehead atoms. The molecule has 5 nitrogen and oxygen atoms in total. The second-order valence-electron chi connectivity index (χ2n) is 9.16. The molecule has 5 heteroatoms. The molecule has 3 aliphatic rings. The Hall–Kier alpha value is -3.21. The van der Waals surface area contributed by atoms with E-state index in [-0.39, 0.29) is 22.8 Å². The monoisotopic (exact) mass is 411 g/mol. The van der Waals surface area contributed by atoms with Crippen molar-refractivity contribution in [1.82, 2.24) is 14.9 Å². The van der Waals surface area contributed by atoms with Crippen LogP contribution in [0.15, 0.2) is 65.5 Å². The Kier molecular flexibility index (Phi) is 4.13. The van der Waals surface area contributed by atoms with E-state index in [4.69, 9.17) is 4.98 Å². The van der Waals surface area contributed by atoms with E-state index >= 15 is 0 Å². The average Bonchev–Trinajstić information content (AvgIpc) is 3.74. The summed E-state index contributed by atoms with van der Waals surface area (Å²) in [6.07, 6.45) is 3.56. The predicted octanol–water partition coefficient (Wildman–Crippen LogP) is 3.54. The summed E-state index contributed by atoms with van der Waals surface area (Å²) in [6, 6.07) is 20.6. The highest BCUT2D eigenvalue weighted by Gasteiger charge is 2.49. The summed E-state index contributed by atoms with van der Waals surface area (Å²) in [5.74, 6) is 1.32. The standard InChI is InChI=1S/C26H25N3O2/c30-23-21-16-29(24(31)20-15-19(20)17-7-3-1-4-8-17)14-11-22(21)27-25(28-23)26(12-13-26)18-9-5-2-6-10-18/h1-10,19-20H,11-16H2,(H,27,28,30). The van der Waals surface area contributed by atoms with Gasteiger partial charge in [-0.25, -0.2) is 4.98 Å². The van der Waals surface area contributed by atoms with E-state index in [0.717, 1.165) is 30.8 Å². The van der Waals surface area contributed by atoms with E-state index in [1.807, 2.05) is 41.3 Å². The average molecular weight is 412 g/mol. The molecule has 3 aromatic rings. The van der Waals surface area contributed by atoms with Crippen LogP contribution in [0, 0.1) is 5.92 Å². The van der Waals surface area contributed by atoms with Gasteiger partial charge in [-0.2, -0.15) is 0 Å². The maximum atomic E-state index is 13.1. The molecule has 31 heavy (non-hydrogen) atoms. The highest BCUT2D eigenvalue weighted by atomic mass is 16.2. The molecule has 2 saturated carbocycles. The molecule has 2 heterocycles.